The van der Waals surface area contributed by atoms with Crippen LogP contribution in [0.15, 0.2) is 22.7 Å². The van der Waals surface area contributed by atoms with Gasteiger partial charge in [0.15, 0.2) is 0 Å². The van der Waals surface area contributed by atoms with Crippen molar-refractivity contribution < 1.29 is 9.90 Å². The van der Waals surface area contributed by atoms with Gasteiger partial charge in [-0.3, -0.25) is 4.79 Å². The number of carbonyl (C=O) groups excluding carboxylic acids is 1. The molecule has 0 radical (unpaired) electrons. The minimum atomic E-state index is -0.0944. The summed E-state index contributed by atoms with van der Waals surface area (Å²) in [5.41, 5.74) is 0.373. The van der Waals surface area contributed by atoms with Gasteiger partial charge in [0.1, 0.15) is 5.75 Å². The number of rotatable bonds is 1. The number of hydrogen-bond donors (Lipinski definition) is 1. The molecule has 0 bridgehead atoms. The third-order valence-electron chi connectivity index (χ3n) is 2.98. The first-order valence-corrected chi connectivity index (χ1v) is 6.33. The zero-order chi connectivity index (χ0) is 12.4. The third-order valence-corrected chi connectivity index (χ3v) is 3.47. The van der Waals surface area contributed by atoms with Crippen molar-refractivity contribution in [2.24, 2.45) is 0 Å². The molecule has 0 saturated carbocycles. The van der Waals surface area contributed by atoms with Crippen LogP contribution in [0.25, 0.3) is 0 Å². The van der Waals surface area contributed by atoms with Crippen molar-refractivity contribution in [1.29, 1.82) is 0 Å². The van der Waals surface area contributed by atoms with E-state index in [2.05, 4.69) is 20.8 Å². The molecule has 1 aliphatic rings. The van der Waals surface area contributed by atoms with Crippen molar-refractivity contribution in [3.8, 4) is 5.75 Å². The van der Waals surface area contributed by atoms with Crippen LogP contribution >= 0.6 is 15.9 Å². The van der Waals surface area contributed by atoms with Gasteiger partial charge >= 0.3 is 0 Å². The van der Waals surface area contributed by atoms with Crippen LogP contribution in [0.5, 0.6) is 5.75 Å². The Morgan fingerprint density at radius 2 is 1.94 bits per heavy atom. The van der Waals surface area contributed by atoms with E-state index in [9.17, 15) is 9.90 Å². The number of amides is 1. The number of hydrogen-bond acceptors (Lipinski definition) is 3. The SMILES string of the molecule is CN1CCN(C(=O)c2ccc(Br)cc2O)CC1. The van der Waals surface area contributed by atoms with Crippen molar-refractivity contribution in [3.05, 3.63) is 28.2 Å². The lowest BCUT2D eigenvalue weighted by atomic mass is 10.1. The Morgan fingerprint density at radius 3 is 2.53 bits per heavy atom. The summed E-state index contributed by atoms with van der Waals surface area (Å²) in [4.78, 5) is 16.1. The second kappa shape index (κ2) is 5.06. The molecule has 0 aliphatic carbocycles. The van der Waals surface area contributed by atoms with Crippen molar-refractivity contribution >= 4 is 21.8 Å². The van der Waals surface area contributed by atoms with Gasteiger partial charge in [-0.25, -0.2) is 0 Å². The van der Waals surface area contributed by atoms with Crippen LogP contribution in [-0.4, -0.2) is 54.0 Å². The molecule has 1 heterocycles. The molecule has 17 heavy (non-hydrogen) atoms. The van der Waals surface area contributed by atoms with Crippen LogP contribution in [0.1, 0.15) is 10.4 Å². The zero-order valence-corrected chi connectivity index (χ0v) is 11.3. The summed E-state index contributed by atoms with van der Waals surface area (Å²) in [5.74, 6) is -0.0635. The van der Waals surface area contributed by atoms with Crippen molar-refractivity contribution in [1.82, 2.24) is 9.80 Å². The van der Waals surface area contributed by atoms with Gasteiger partial charge < -0.3 is 14.9 Å². The van der Waals surface area contributed by atoms with Crippen LogP contribution in [0, 0.1) is 0 Å². The summed E-state index contributed by atoms with van der Waals surface area (Å²) < 4.78 is 0.768. The number of phenolic OH excluding ortho intramolecular Hbond substituents is 1. The Morgan fingerprint density at radius 1 is 1.29 bits per heavy atom. The lowest BCUT2D eigenvalue weighted by Crippen LogP contribution is -2.47. The number of nitrogens with zero attached hydrogens (tertiary/aromatic N) is 2. The standard InChI is InChI=1S/C12H15BrN2O2/c1-14-4-6-15(7-5-14)12(17)10-3-2-9(13)8-11(10)16/h2-3,8,16H,4-7H2,1H3. The monoisotopic (exact) mass is 298 g/mol. The molecule has 1 amide bonds. The molecule has 0 spiro atoms. The van der Waals surface area contributed by atoms with Crippen molar-refractivity contribution in [2.45, 2.75) is 0 Å². The fourth-order valence-corrected chi connectivity index (χ4v) is 2.21. The normalized spacial score (nSPS) is 17.2. The number of aromatic hydroxyl groups is 1. The smallest absolute Gasteiger partial charge is 0.257 e. The fourth-order valence-electron chi connectivity index (χ4n) is 1.87. The highest BCUT2D eigenvalue weighted by atomic mass is 79.9. The van der Waals surface area contributed by atoms with E-state index in [1.807, 2.05) is 7.05 Å². The predicted octanol–water partition coefficient (Wildman–Crippen LogP) is 1.54. The lowest BCUT2D eigenvalue weighted by molar-refractivity contribution is 0.0661. The fraction of sp³-hybridized carbons (Fsp3) is 0.417. The second-order valence-corrected chi connectivity index (χ2v) is 5.17. The average Bonchev–Trinajstić information content (AvgIpc) is 2.29. The molecule has 1 aliphatic heterocycles. The molecule has 1 saturated heterocycles. The maximum atomic E-state index is 12.2. The average molecular weight is 299 g/mol. The summed E-state index contributed by atoms with van der Waals surface area (Å²) in [7, 11) is 2.04. The molecular weight excluding hydrogens is 284 g/mol. The molecule has 5 heteroatoms. The maximum Gasteiger partial charge on any atom is 0.257 e. The number of halogens is 1. The number of carbonyl (C=O) groups is 1. The summed E-state index contributed by atoms with van der Waals surface area (Å²) in [6, 6.07) is 4.96. The Labute approximate surface area is 109 Å². The first-order chi connectivity index (χ1) is 8.08. The number of likely N-dealkylation sites (N-methyl/N-ethyl adjacent to an activating group) is 1. The van der Waals surface area contributed by atoms with Gasteiger partial charge in [0.05, 0.1) is 5.56 Å². The van der Waals surface area contributed by atoms with Crippen molar-refractivity contribution in [3.63, 3.8) is 0 Å². The van der Waals surface area contributed by atoms with Gasteiger partial charge in [0.25, 0.3) is 5.91 Å². The van der Waals surface area contributed by atoms with Gasteiger partial charge in [-0.1, -0.05) is 15.9 Å². The predicted molar refractivity (Wildman–Crippen MR) is 69.2 cm³/mol. The Hall–Kier alpha value is -1.07. The third kappa shape index (κ3) is 2.79. The Balaban J connectivity index is 2.14. The molecule has 1 aromatic rings. The minimum absolute atomic E-state index is 0.0308. The van der Waals surface area contributed by atoms with Gasteiger partial charge in [0, 0.05) is 30.7 Å². The number of phenols is 1. The van der Waals surface area contributed by atoms with Crippen LogP contribution in [0.2, 0.25) is 0 Å². The molecule has 1 N–H and O–H groups in total. The van der Waals surface area contributed by atoms with E-state index in [1.165, 1.54) is 0 Å². The quantitative estimate of drug-likeness (QED) is 0.855. The second-order valence-electron chi connectivity index (χ2n) is 4.26. The molecule has 0 unspecified atom stereocenters. The van der Waals surface area contributed by atoms with Gasteiger partial charge in [-0.05, 0) is 25.2 Å². The molecule has 1 aromatic carbocycles. The van der Waals surface area contributed by atoms with Crippen LogP contribution in [0.4, 0.5) is 0 Å². The molecule has 92 valence electrons. The highest BCUT2D eigenvalue weighted by molar-refractivity contribution is 9.10. The zero-order valence-electron chi connectivity index (χ0n) is 9.69. The highest BCUT2D eigenvalue weighted by Gasteiger charge is 2.22. The van der Waals surface area contributed by atoms with E-state index in [0.29, 0.717) is 18.7 Å². The van der Waals surface area contributed by atoms with Crippen LogP contribution in [-0.2, 0) is 0 Å². The van der Waals surface area contributed by atoms with E-state index < -0.39 is 0 Å². The summed E-state index contributed by atoms with van der Waals surface area (Å²) in [6.07, 6.45) is 0. The summed E-state index contributed by atoms with van der Waals surface area (Å²) >= 11 is 3.26. The van der Waals surface area contributed by atoms with Crippen LogP contribution in [0.3, 0.4) is 0 Å². The van der Waals surface area contributed by atoms with Gasteiger partial charge in [-0.15, -0.1) is 0 Å². The van der Waals surface area contributed by atoms with E-state index in [-0.39, 0.29) is 11.7 Å². The first-order valence-electron chi connectivity index (χ1n) is 5.54. The summed E-state index contributed by atoms with van der Waals surface area (Å²) in [6.45, 7) is 3.18. The molecule has 1 fully saturated rings. The Bertz CT molecular complexity index is 429. The molecule has 4 nitrogen and oxygen atoms in total. The lowest BCUT2D eigenvalue weighted by Gasteiger charge is -2.32. The topological polar surface area (TPSA) is 43.8 Å². The van der Waals surface area contributed by atoms with Crippen LogP contribution < -0.4 is 0 Å². The van der Waals surface area contributed by atoms with E-state index >= 15 is 0 Å². The van der Waals surface area contributed by atoms with E-state index in [1.54, 1.807) is 23.1 Å². The van der Waals surface area contributed by atoms with E-state index in [0.717, 1.165) is 17.6 Å². The Kier molecular flexibility index (Phi) is 3.69. The molecule has 2 rings (SSSR count). The largest absolute Gasteiger partial charge is 0.507 e. The highest BCUT2D eigenvalue weighted by Crippen LogP contribution is 2.23. The summed E-state index contributed by atoms with van der Waals surface area (Å²) in [5, 5.41) is 9.76. The first kappa shape index (κ1) is 12.4. The number of benzene rings is 1. The molecule has 0 aromatic heterocycles. The van der Waals surface area contributed by atoms with Gasteiger partial charge in [0.2, 0.25) is 0 Å². The van der Waals surface area contributed by atoms with E-state index in [4.69, 9.17) is 0 Å². The molecular formula is C12H15BrN2O2. The maximum absolute atomic E-state index is 12.2. The van der Waals surface area contributed by atoms with Gasteiger partial charge in [-0.2, -0.15) is 0 Å². The number of piperazine rings is 1. The minimum Gasteiger partial charge on any atom is -0.507 e. The molecule has 0 atom stereocenters. The van der Waals surface area contributed by atoms with Crippen molar-refractivity contribution in [2.75, 3.05) is 33.2 Å².